The molecule has 0 unspecified atom stereocenters. The van der Waals surface area contributed by atoms with E-state index in [1.54, 1.807) is 0 Å². The monoisotopic (exact) mass is 389 g/mol. The van der Waals surface area contributed by atoms with Gasteiger partial charge in [0.2, 0.25) is 5.88 Å². The summed E-state index contributed by atoms with van der Waals surface area (Å²) in [4.78, 5) is 10.3. The van der Waals surface area contributed by atoms with Gasteiger partial charge in [0.15, 0.2) is 17.4 Å². The Morgan fingerprint density at radius 3 is 2.54 bits per heavy atom. The van der Waals surface area contributed by atoms with Crippen molar-refractivity contribution in [3.05, 3.63) is 41.9 Å². The van der Waals surface area contributed by atoms with E-state index in [4.69, 9.17) is 9.47 Å². The molecular formula is C19H21F2N5O2. The van der Waals surface area contributed by atoms with Gasteiger partial charge in [-0.25, -0.2) is 8.78 Å². The molecule has 0 N–H and O–H groups in total. The molecule has 0 saturated carbocycles. The number of anilines is 1. The third-order valence-electron chi connectivity index (χ3n) is 4.10. The maximum absolute atomic E-state index is 14.9. The molecule has 2 heterocycles. The Kier molecular flexibility index (Phi) is 5.43. The Bertz CT molecular complexity index is 1040. The summed E-state index contributed by atoms with van der Waals surface area (Å²) in [5, 5.41) is 4.22. The van der Waals surface area contributed by atoms with Crippen LogP contribution in [0.4, 0.5) is 14.6 Å². The fraction of sp³-hybridized carbons (Fsp3) is 0.316. The second kappa shape index (κ2) is 7.79. The quantitative estimate of drug-likeness (QED) is 0.638. The molecule has 2 aromatic heterocycles. The van der Waals surface area contributed by atoms with E-state index in [2.05, 4.69) is 15.1 Å². The Morgan fingerprint density at radius 1 is 1.18 bits per heavy atom. The number of hydrogen-bond donors (Lipinski definition) is 0. The van der Waals surface area contributed by atoms with Gasteiger partial charge in [-0.2, -0.15) is 19.6 Å². The molecule has 0 fully saturated rings. The average molecular weight is 389 g/mol. The topological polar surface area (TPSA) is 64.8 Å². The number of benzene rings is 1. The van der Waals surface area contributed by atoms with E-state index < -0.39 is 11.6 Å². The molecule has 0 atom stereocenters. The normalized spacial score (nSPS) is 10.8. The number of ether oxygens (including phenoxy) is 2. The largest absolute Gasteiger partial charge is 0.494 e. The van der Waals surface area contributed by atoms with Gasteiger partial charge in [0.05, 0.1) is 19.8 Å². The van der Waals surface area contributed by atoms with Crippen molar-refractivity contribution in [3.8, 4) is 22.8 Å². The summed E-state index contributed by atoms with van der Waals surface area (Å²) in [6.45, 7) is 6.35. The van der Waals surface area contributed by atoms with Gasteiger partial charge in [-0.1, -0.05) is 5.57 Å². The zero-order chi connectivity index (χ0) is 20.4. The number of aromatic nitrogens is 4. The first-order valence-corrected chi connectivity index (χ1v) is 8.64. The second-order valence-corrected chi connectivity index (χ2v) is 6.25. The lowest BCUT2D eigenvalue weighted by Crippen LogP contribution is -2.21. The minimum absolute atomic E-state index is 0.0179. The van der Waals surface area contributed by atoms with Crippen LogP contribution in [-0.4, -0.2) is 40.3 Å². The molecule has 9 heteroatoms. The van der Waals surface area contributed by atoms with Crippen molar-refractivity contribution in [2.24, 2.45) is 0 Å². The van der Waals surface area contributed by atoms with Gasteiger partial charge < -0.3 is 14.4 Å². The Balaban J connectivity index is 2.43. The van der Waals surface area contributed by atoms with E-state index in [-0.39, 0.29) is 28.5 Å². The number of rotatable bonds is 6. The maximum atomic E-state index is 14.9. The summed E-state index contributed by atoms with van der Waals surface area (Å²) in [6, 6.07) is 2.06. The van der Waals surface area contributed by atoms with Gasteiger partial charge in [0.1, 0.15) is 12.1 Å². The predicted molar refractivity (Wildman–Crippen MR) is 102 cm³/mol. The predicted octanol–water partition coefficient (Wildman–Crippen LogP) is 3.84. The van der Waals surface area contributed by atoms with Crippen LogP contribution in [0.5, 0.6) is 11.6 Å². The van der Waals surface area contributed by atoms with Crippen LogP contribution in [0, 0.1) is 11.6 Å². The van der Waals surface area contributed by atoms with Gasteiger partial charge in [0.25, 0.3) is 5.78 Å². The minimum Gasteiger partial charge on any atom is -0.494 e. The lowest BCUT2D eigenvalue weighted by atomic mass is 10.1. The van der Waals surface area contributed by atoms with Crippen molar-refractivity contribution in [2.45, 2.75) is 20.8 Å². The summed E-state index contributed by atoms with van der Waals surface area (Å²) in [6.07, 6.45) is 3.23. The number of hydrogen-bond acceptors (Lipinski definition) is 6. The van der Waals surface area contributed by atoms with Crippen molar-refractivity contribution in [3.63, 3.8) is 0 Å². The summed E-state index contributed by atoms with van der Waals surface area (Å²) in [5.74, 6) is -0.701. The molecule has 7 nitrogen and oxygen atoms in total. The number of methoxy groups -OCH3 is 2. The summed E-state index contributed by atoms with van der Waals surface area (Å²) in [5.41, 5.74) is 1.26. The van der Waals surface area contributed by atoms with Crippen LogP contribution >= 0.6 is 0 Å². The van der Waals surface area contributed by atoms with Crippen molar-refractivity contribution in [2.75, 3.05) is 25.7 Å². The molecule has 3 aromatic rings. The standard InChI is InChI=1S/C19H21F2N5O2/c1-6-25(9-11(2)3)18-16(12-7-14(21)15(27-4)8-13(12)20)17(28-5)24-19-22-10-23-26(18)19/h7-10H,6H2,1-5H3. The highest BCUT2D eigenvalue weighted by Gasteiger charge is 2.26. The highest BCUT2D eigenvalue weighted by Crippen LogP contribution is 2.41. The number of allylic oxidation sites excluding steroid dienone is 1. The van der Waals surface area contributed by atoms with Gasteiger partial charge in [-0.05, 0) is 26.8 Å². The van der Waals surface area contributed by atoms with Crippen molar-refractivity contribution in [1.29, 1.82) is 0 Å². The first-order valence-electron chi connectivity index (χ1n) is 8.64. The van der Waals surface area contributed by atoms with Crippen LogP contribution in [-0.2, 0) is 0 Å². The van der Waals surface area contributed by atoms with Gasteiger partial charge in [0, 0.05) is 24.4 Å². The highest BCUT2D eigenvalue weighted by atomic mass is 19.1. The minimum atomic E-state index is -0.698. The first kappa shape index (κ1) is 19.5. The molecule has 0 amide bonds. The summed E-state index contributed by atoms with van der Waals surface area (Å²) < 4.78 is 41.1. The molecule has 0 spiro atoms. The van der Waals surface area contributed by atoms with E-state index in [1.807, 2.05) is 31.9 Å². The molecule has 3 rings (SSSR count). The fourth-order valence-electron chi connectivity index (χ4n) is 2.95. The zero-order valence-corrected chi connectivity index (χ0v) is 16.3. The van der Waals surface area contributed by atoms with Gasteiger partial charge in [-0.15, -0.1) is 0 Å². The molecule has 28 heavy (non-hydrogen) atoms. The smallest absolute Gasteiger partial charge is 0.257 e. The zero-order valence-electron chi connectivity index (χ0n) is 16.3. The van der Waals surface area contributed by atoms with E-state index in [0.29, 0.717) is 12.4 Å². The molecule has 0 bridgehead atoms. The lowest BCUT2D eigenvalue weighted by Gasteiger charge is -2.24. The van der Waals surface area contributed by atoms with E-state index in [9.17, 15) is 8.78 Å². The molecular weight excluding hydrogens is 368 g/mol. The van der Waals surface area contributed by atoms with Crippen LogP contribution in [0.15, 0.2) is 30.2 Å². The van der Waals surface area contributed by atoms with Gasteiger partial charge in [-0.3, -0.25) is 0 Å². The first-order chi connectivity index (χ1) is 13.4. The third kappa shape index (κ3) is 3.35. The average Bonchev–Trinajstić information content (AvgIpc) is 3.14. The van der Waals surface area contributed by atoms with Crippen LogP contribution in [0.25, 0.3) is 16.9 Å². The molecule has 1 aromatic carbocycles. The molecule has 0 aliphatic carbocycles. The van der Waals surface area contributed by atoms with Crippen LogP contribution in [0.2, 0.25) is 0 Å². The summed E-state index contributed by atoms with van der Waals surface area (Å²) >= 11 is 0. The highest BCUT2D eigenvalue weighted by molar-refractivity contribution is 5.83. The molecule has 0 aliphatic rings. The van der Waals surface area contributed by atoms with Crippen LogP contribution < -0.4 is 14.4 Å². The fourth-order valence-corrected chi connectivity index (χ4v) is 2.95. The number of fused-ring (bicyclic) bond motifs is 1. The van der Waals surface area contributed by atoms with Crippen molar-refractivity contribution >= 4 is 11.6 Å². The summed E-state index contributed by atoms with van der Waals surface area (Å²) in [7, 11) is 2.69. The van der Waals surface area contributed by atoms with Crippen LogP contribution in [0.3, 0.4) is 0 Å². The Morgan fingerprint density at radius 2 is 1.93 bits per heavy atom. The van der Waals surface area contributed by atoms with Gasteiger partial charge >= 0.3 is 0 Å². The number of nitrogens with zero attached hydrogens (tertiary/aromatic N) is 5. The molecule has 0 aliphatic heterocycles. The SMILES string of the molecule is CCN(C=C(C)C)c1c(-c2cc(F)c(OC)cc2F)c(OC)nc2ncnn12. The Labute approximate surface area is 161 Å². The Hall–Kier alpha value is -3.23. The third-order valence-corrected chi connectivity index (χ3v) is 4.10. The van der Waals surface area contributed by atoms with Crippen molar-refractivity contribution in [1.82, 2.24) is 19.6 Å². The van der Waals surface area contributed by atoms with E-state index in [0.717, 1.165) is 17.7 Å². The molecule has 0 saturated heterocycles. The van der Waals surface area contributed by atoms with Crippen LogP contribution in [0.1, 0.15) is 20.8 Å². The van der Waals surface area contributed by atoms with E-state index >= 15 is 0 Å². The molecule has 0 radical (unpaired) electrons. The van der Waals surface area contributed by atoms with E-state index in [1.165, 1.54) is 25.1 Å². The second-order valence-electron chi connectivity index (χ2n) is 6.25. The number of halogens is 2. The van der Waals surface area contributed by atoms with Crippen molar-refractivity contribution < 1.29 is 18.3 Å². The maximum Gasteiger partial charge on any atom is 0.257 e. The molecule has 148 valence electrons. The lowest BCUT2D eigenvalue weighted by molar-refractivity contribution is 0.382.